The lowest BCUT2D eigenvalue weighted by Crippen LogP contribution is -2.37. The van der Waals surface area contributed by atoms with Crippen molar-refractivity contribution < 1.29 is 9.53 Å². The third-order valence-electron chi connectivity index (χ3n) is 2.91. The molecule has 2 rings (SSSR count). The van der Waals surface area contributed by atoms with Gasteiger partial charge in [-0.1, -0.05) is 12.2 Å². The zero-order valence-corrected chi connectivity index (χ0v) is 11.3. The van der Waals surface area contributed by atoms with Crippen molar-refractivity contribution in [1.29, 1.82) is 0 Å². The Bertz CT molecular complexity index is 496. The molecule has 1 atom stereocenters. The van der Waals surface area contributed by atoms with Crippen LogP contribution in [-0.2, 0) is 4.74 Å². The Morgan fingerprint density at radius 3 is 3.00 bits per heavy atom. The Morgan fingerprint density at radius 1 is 1.58 bits per heavy atom. The Kier molecular flexibility index (Phi) is 4.10. The van der Waals surface area contributed by atoms with Gasteiger partial charge in [0.2, 0.25) is 0 Å². The summed E-state index contributed by atoms with van der Waals surface area (Å²) < 4.78 is 4.58. The summed E-state index contributed by atoms with van der Waals surface area (Å²) in [6.07, 6.45) is 3.53. The van der Waals surface area contributed by atoms with E-state index in [1.165, 1.54) is 7.11 Å². The average molecular weight is 281 g/mol. The number of methoxy groups -OCH3 is 1. The zero-order chi connectivity index (χ0) is 13.8. The number of amides is 1. The summed E-state index contributed by atoms with van der Waals surface area (Å²) in [6.45, 7) is 1.38. The molecule has 1 saturated heterocycles. The highest BCUT2D eigenvalue weighted by Gasteiger charge is 2.27. The maximum absolute atomic E-state index is 11.2. The quantitative estimate of drug-likeness (QED) is 0.756. The second-order valence-corrected chi connectivity index (χ2v) is 4.60. The fourth-order valence-electron chi connectivity index (χ4n) is 2.03. The van der Waals surface area contributed by atoms with Crippen molar-refractivity contribution in [2.75, 3.05) is 25.1 Å². The predicted octanol–water partition coefficient (Wildman–Crippen LogP) is 0.0455. The molecule has 1 aliphatic heterocycles. The van der Waals surface area contributed by atoms with Gasteiger partial charge in [0, 0.05) is 25.5 Å². The van der Waals surface area contributed by atoms with E-state index in [1.807, 2.05) is 4.90 Å². The number of thiocarbonyl (C=S) groups is 1. The summed E-state index contributed by atoms with van der Waals surface area (Å²) >= 11 is 4.96. The number of hydrogen-bond donors (Lipinski definition) is 2. The van der Waals surface area contributed by atoms with E-state index in [-0.39, 0.29) is 11.0 Å². The number of ether oxygens (including phenoxy) is 1. The van der Waals surface area contributed by atoms with Gasteiger partial charge in [-0.25, -0.2) is 14.8 Å². The minimum atomic E-state index is -0.430. The van der Waals surface area contributed by atoms with Gasteiger partial charge < -0.3 is 20.7 Å². The number of carbonyl (C=O) groups is 1. The van der Waals surface area contributed by atoms with Gasteiger partial charge in [-0.05, 0) is 6.42 Å². The summed E-state index contributed by atoms with van der Waals surface area (Å²) in [7, 11) is 1.34. The number of hydrogen-bond acceptors (Lipinski definition) is 6. The van der Waals surface area contributed by atoms with Crippen LogP contribution >= 0.6 is 12.2 Å². The molecule has 1 aromatic rings. The van der Waals surface area contributed by atoms with E-state index < -0.39 is 6.09 Å². The minimum absolute atomic E-state index is 0.0219. The van der Waals surface area contributed by atoms with E-state index in [2.05, 4.69) is 20.0 Å². The molecule has 7 nitrogen and oxygen atoms in total. The van der Waals surface area contributed by atoms with Gasteiger partial charge in [0.25, 0.3) is 0 Å². The monoisotopic (exact) mass is 281 g/mol. The molecule has 0 spiro atoms. The first-order chi connectivity index (χ1) is 9.11. The molecule has 2 heterocycles. The van der Waals surface area contributed by atoms with E-state index in [1.54, 1.807) is 12.4 Å². The van der Waals surface area contributed by atoms with Gasteiger partial charge >= 0.3 is 6.09 Å². The van der Waals surface area contributed by atoms with E-state index in [0.717, 1.165) is 13.0 Å². The molecule has 1 amide bonds. The Hall–Kier alpha value is -1.96. The number of rotatable bonds is 3. The molecule has 0 aliphatic carbocycles. The fraction of sp³-hybridized carbons (Fsp3) is 0.455. The highest BCUT2D eigenvalue weighted by Crippen LogP contribution is 2.20. The van der Waals surface area contributed by atoms with Gasteiger partial charge in [0.05, 0.1) is 13.2 Å². The first-order valence-corrected chi connectivity index (χ1v) is 6.23. The summed E-state index contributed by atoms with van der Waals surface area (Å²) in [5.41, 5.74) is 6.14. The SMILES string of the molecule is COC(=O)NC1CCN(c2nccnc2C(N)=S)C1. The third-order valence-corrected chi connectivity index (χ3v) is 3.10. The van der Waals surface area contributed by atoms with Crippen LogP contribution in [0.3, 0.4) is 0 Å². The standard InChI is InChI=1S/C11H15N5O2S/c1-18-11(17)15-7-2-5-16(6-7)10-8(9(12)19)13-3-4-14-10/h3-4,7H,2,5-6H2,1H3,(H2,12,19)(H,15,17). The molecule has 0 saturated carbocycles. The molecule has 0 bridgehead atoms. The van der Waals surface area contributed by atoms with Crippen LogP contribution in [0.2, 0.25) is 0 Å². The predicted molar refractivity (Wildman–Crippen MR) is 74.1 cm³/mol. The maximum atomic E-state index is 11.2. The largest absolute Gasteiger partial charge is 0.453 e. The van der Waals surface area contributed by atoms with Crippen LogP contribution in [0.15, 0.2) is 12.4 Å². The summed E-state index contributed by atoms with van der Waals surface area (Å²) in [6, 6.07) is 0.0219. The number of alkyl carbamates (subject to hydrolysis) is 1. The van der Waals surface area contributed by atoms with Crippen molar-refractivity contribution in [1.82, 2.24) is 15.3 Å². The minimum Gasteiger partial charge on any atom is -0.453 e. The number of aromatic nitrogens is 2. The van der Waals surface area contributed by atoms with Gasteiger partial charge in [-0.2, -0.15) is 0 Å². The Balaban J connectivity index is 2.09. The highest BCUT2D eigenvalue weighted by atomic mass is 32.1. The summed E-state index contributed by atoms with van der Waals surface area (Å²) in [4.78, 5) is 21.8. The van der Waals surface area contributed by atoms with E-state index >= 15 is 0 Å². The first-order valence-electron chi connectivity index (χ1n) is 5.82. The van der Waals surface area contributed by atoms with Crippen LogP contribution in [0.5, 0.6) is 0 Å². The number of anilines is 1. The van der Waals surface area contributed by atoms with Crippen LogP contribution < -0.4 is 16.0 Å². The lowest BCUT2D eigenvalue weighted by Gasteiger charge is -2.19. The molecule has 0 radical (unpaired) electrons. The summed E-state index contributed by atoms with van der Waals surface area (Å²) in [5, 5.41) is 2.76. The molecule has 1 fully saturated rings. The number of nitrogens with zero attached hydrogens (tertiary/aromatic N) is 3. The van der Waals surface area contributed by atoms with Crippen molar-refractivity contribution in [3.63, 3.8) is 0 Å². The molecule has 102 valence electrons. The van der Waals surface area contributed by atoms with E-state index in [9.17, 15) is 4.79 Å². The van der Waals surface area contributed by atoms with Crippen molar-refractivity contribution in [2.45, 2.75) is 12.5 Å². The van der Waals surface area contributed by atoms with E-state index in [4.69, 9.17) is 18.0 Å². The van der Waals surface area contributed by atoms with Crippen molar-refractivity contribution in [3.05, 3.63) is 18.1 Å². The average Bonchev–Trinajstić information content (AvgIpc) is 2.86. The smallest absolute Gasteiger partial charge is 0.407 e. The second-order valence-electron chi connectivity index (χ2n) is 4.16. The number of nitrogens with one attached hydrogen (secondary N) is 1. The molecule has 0 aromatic carbocycles. The topological polar surface area (TPSA) is 93.4 Å². The van der Waals surface area contributed by atoms with E-state index in [0.29, 0.717) is 18.1 Å². The van der Waals surface area contributed by atoms with Crippen LogP contribution in [0.4, 0.5) is 10.6 Å². The fourth-order valence-corrected chi connectivity index (χ4v) is 2.18. The first kappa shape index (κ1) is 13.5. The van der Waals surface area contributed by atoms with Gasteiger partial charge in [0.1, 0.15) is 10.7 Å². The zero-order valence-electron chi connectivity index (χ0n) is 10.5. The van der Waals surface area contributed by atoms with Crippen LogP contribution in [-0.4, -0.2) is 47.3 Å². The molecular formula is C11H15N5O2S. The number of nitrogens with two attached hydrogens (primary N) is 1. The van der Waals surface area contributed by atoms with Crippen molar-refractivity contribution in [2.24, 2.45) is 5.73 Å². The third kappa shape index (κ3) is 3.08. The Morgan fingerprint density at radius 2 is 2.32 bits per heavy atom. The van der Waals surface area contributed by atoms with Gasteiger partial charge in [0.15, 0.2) is 5.82 Å². The highest BCUT2D eigenvalue weighted by molar-refractivity contribution is 7.80. The molecule has 19 heavy (non-hydrogen) atoms. The normalized spacial score (nSPS) is 18.2. The lowest BCUT2D eigenvalue weighted by molar-refractivity contribution is 0.167. The molecule has 1 aliphatic rings. The second kappa shape index (κ2) is 5.79. The number of carbonyl (C=O) groups excluding carboxylic acids is 1. The molecule has 3 N–H and O–H groups in total. The van der Waals surface area contributed by atoms with Crippen LogP contribution in [0.1, 0.15) is 12.1 Å². The molecule has 8 heteroatoms. The maximum Gasteiger partial charge on any atom is 0.407 e. The molecular weight excluding hydrogens is 266 g/mol. The summed E-state index contributed by atoms with van der Waals surface area (Å²) in [5.74, 6) is 0.657. The van der Waals surface area contributed by atoms with Crippen molar-refractivity contribution in [3.8, 4) is 0 Å². The van der Waals surface area contributed by atoms with Crippen LogP contribution in [0.25, 0.3) is 0 Å². The van der Waals surface area contributed by atoms with Crippen molar-refractivity contribution >= 4 is 29.1 Å². The molecule has 1 aromatic heterocycles. The van der Waals surface area contributed by atoms with Gasteiger partial charge in [-0.15, -0.1) is 0 Å². The van der Waals surface area contributed by atoms with Gasteiger partial charge in [-0.3, -0.25) is 0 Å². The Labute approximate surface area is 116 Å². The van der Waals surface area contributed by atoms with Crippen LogP contribution in [0, 0.1) is 0 Å². The lowest BCUT2D eigenvalue weighted by atomic mass is 10.3. The molecule has 1 unspecified atom stereocenters.